The molecule has 0 aliphatic heterocycles. The van der Waals surface area contributed by atoms with Gasteiger partial charge in [-0.25, -0.2) is 0 Å². The summed E-state index contributed by atoms with van der Waals surface area (Å²) in [6, 6.07) is 150. The highest BCUT2D eigenvalue weighted by molar-refractivity contribution is 6.12. The fraction of sp³-hybridized carbons (Fsp3) is 0. The topological polar surface area (TPSA) is 59.0 Å². The second kappa shape index (κ2) is 28.6. The Morgan fingerprint density at radius 3 is 0.754 bits per heavy atom. The summed E-state index contributed by atoms with van der Waals surface area (Å²) in [4.78, 5) is 4.65. The molecule has 0 aliphatic rings. The number of benzene rings is 18. The van der Waals surface area contributed by atoms with Gasteiger partial charge in [-0.3, -0.25) is 0 Å². The first-order valence-electron chi connectivity index (χ1n) is 38.6. The van der Waals surface area contributed by atoms with E-state index in [1.54, 1.807) is 0 Å². The van der Waals surface area contributed by atoms with E-state index in [1.165, 1.54) is 33.4 Å². The highest BCUT2D eigenvalue weighted by Gasteiger charge is 2.21. The van der Waals surface area contributed by atoms with E-state index in [0.29, 0.717) is 0 Å². The van der Waals surface area contributed by atoms with Crippen LogP contribution in [0.2, 0.25) is 0 Å². The summed E-state index contributed by atoms with van der Waals surface area (Å²) >= 11 is 0. The van der Waals surface area contributed by atoms with E-state index in [1.807, 2.05) is 48.5 Å². The van der Waals surface area contributed by atoms with E-state index in [-0.39, 0.29) is 0 Å². The number of nitrogens with zero attached hydrogens (tertiary/aromatic N) is 2. The Balaban J connectivity index is 0.000000143. The van der Waals surface area contributed by atoms with Crippen molar-refractivity contribution in [1.82, 2.24) is 0 Å². The van der Waals surface area contributed by atoms with Crippen molar-refractivity contribution in [1.29, 1.82) is 0 Å². The lowest BCUT2D eigenvalue weighted by molar-refractivity contribution is 0.668. The second-order valence-electron chi connectivity index (χ2n) is 29.0. The molecule has 6 heteroatoms. The number of anilines is 6. The Labute approximate surface area is 658 Å². The molecule has 0 aliphatic carbocycles. The zero-order valence-corrected chi connectivity index (χ0v) is 61.9. The molecule has 0 N–H and O–H groups in total. The lowest BCUT2D eigenvalue weighted by atomic mass is 9.98. The summed E-state index contributed by atoms with van der Waals surface area (Å²) in [7, 11) is 0. The van der Waals surface area contributed by atoms with Crippen molar-refractivity contribution < 1.29 is 17.7 Å². The molecule has 22 aromatic rings. The maximum atomic E-state index is 6.40. The molecule has 0 fully saturated rings. The molecule has 4 heterocycles. The molecule has 0 radical (unpaired) electrons. The van der Waals surface area contributed by atoms with Crippen LogP contribution in [0.3, 0.4) is 0 Å². The molecule has 536 valence electrons. The SMILES string of the molecule is c1ccc(-c2ccc(-c3ccc(N(c4ccc(-c5ccc6oc7ccccc7c6c5)cc4)c4ccc(-c5cccc6c5oc5ccccc56)cc4)cc3)cc2)cc1.c1ccc(-c2ccc(N(c3ccc(-c4ccc(-c5cccc6c5oc5ccccc56)cc4)cc3)c3ccc(-c4ccc5c(c4)oc4ccccc45)cc3)cc2)cc1. The first kappa shape index (κ1) is 66.9. The van der Waals surface area contributed by atoms with Gasteiger partial charge in [0.25, 0.3) is 0 Å². The lowest BCUT2D eigenvalue weighted by Crippen LogP contribution is -2.09. The molecule has 0 atom stereocenters. The highest BCUT2D eigenvalue weighted by Crippen LogP contribution is 2.45. The molecule has 0 unspecified atom stereocenters. The van der Waals surface area contributed by atoms with Gasteiger partial charge in [-0.1, -0.05) is 303 Å². The lowest BCUT2D eigenvalue weighted by Gasteiger charge is -2.26. The third-order valence-corrected chi connectivity index (χ3v) is 22.3. The van der Waals surface area contributed by atoms with E-state index >= 15 is 0 Å². The van der Waals surface area contributed by atoms with Crippen LogP contribution in [-0.4, -0.2) is 0 Å². The van der Waals surface area contributed by atoms with Crippen LogP contribution >= 0.6 is 0 Å². The molecule has 0 amide bonds. The number of rotatable bonds is 14. The third kappa shape index (κ3) is 12.5. The minimum atomic E-state index is 0.899. The molecular weight excluding hydrogens is 1390 g/mol. The number of hydrogen-bond donors (Lipinski definition) is 0. The van der Waals surface area contributed by atoms with Gasteiger partial charge in [0.15, 0.2) is 0 Å². The van der Waals surface area contributed by atoms with Crippen molar-refractivity contribution >= 4 is 122 Å². The second-order valence-corrected chi connectivity index (χ2v) is 29.0. The predicted octanol–water partition coefficient (Wildman–Crippen LogP) is 31.2. The molecule has 0 saturated carbocycles. The van der Waals surface area contributed by atoms with Gasteiger partial charge >= 0.3 is 0 Å². The Morgan fingerprint density at radius 1 is 0.132 bits per heavy atom. The first-order chi connectivity index (χ1) is 56.5. The van der Waals surface area contributed by atoms with Crippen molar-refractivity contribution in [3.8, 4) is 89.0 Å². The van der Waals surface area contributed by atoms with Gasteiger partial charge in [-0.05, 0) is 199 Å². The maximum Gasteiger partial charge on any atom is 0.143 e. The monoisotopic (exact) mass is 1460 g/mol. The van der Waals surface area contributed by atoms with Crippen LogP contribution in [-0.2, 0) is 0 Å². The average molecular weight is 1460 g/mol. The fourth-order valence-electron chi connectivity index (χ4n) is 16.4. The summed E-state index contributed by atoms with van der Waals surface area (Å²) in [5.41, 5.74) is 32.2. The van der Waals surface area contributed by atoms with Crippen LogP contribution in [0.15, 0.2) is 442 Å². The van der Waals surface area contributed by atoms with Crippen molar-refractivity contribution in [3.05, 3.63) is 425 Å². The number of hydrogen-bond acceptors (Lipinski definition) is 6. The Kier molecular flexibility index (Phi) is 16.8. The smallest absolute Gasteiger partial charge is 0.143 e. The zero-order valence-electron chi connectivity index (χ0n) is 61.9. The molecule has 0 bridgehead atoms. The van der Waals surface area contributed by atoms with Crippen LogP contribution in [0, 0.1) is 0 Å². The standard InChI is InChI=1S/2C54H35NO2/c1-2-9-36(10-3-1)37-17-19-38(20-18-37)39-21-28-43(29-22-39)55(44-30-23-40(24-31-44)42-27-34-53-50(35-42)48-12-5-6-15-51(48)56-53)45-32-25-41(26-33-45)46-13-8-14-49-47-11-4-7-16-52(47)57-54(46)49;1-2-9-36(10-3-1)38-21-28-43(29-22-38)55(45-32-25-40(26-33-45)42-27-34-49-47-11-4-6-15-51(47)56-53(49)35-42)44-30-23-39(24-31-44)37-17-19-41(20-18-37)46-13-8-14-50-48-12-5-7-16-52(48)57-54(46)50/h2*1-35H. The van der Waals surface area contributed by atoms with Crippen LogP contribution in [0.1, 0.15) is 0 Å². The quantitative estimate of drug-likeness (QED) is 0.108. The molecule has 114 heavy (non-hydrogen) atoms. The summed E-state index contributed by atoms with van der Waals surface area (Å²) in [6.07, 6.45) is 0. The summed E-state index contributed by atoms with van der Waals surface area (Å²) in [5.74, 6) is 0. The number of fused-ring (bicyclic) bond motifs is 12. The zero-order chi connectivity index (χ0) is 75.4. The van der Waals surface area contributed by atoms with E-state index in [2.05, 4.69) is 386 Å². The van der Waals surface area contributed by atoms with Gasteiger partial charge in [-0.2, -0.15) is 0 Å². The Hall–Kier alpha value is -15.2. The summed E-state index contributed by atoms with van der Waals surface area (Å²) < 4.78 is 25.1. The maximum absolute atomic E-state index is 6.40. The molecule has 22 rings (SSSR count). The predicted molar refractivity (Wildman–Crippen MR) is 475 cm³/mol. The molecular formula is C108H70N2O4. The normalized spacial score (nSPS) is 11.5. The van der Waals surface area contributed by atoms with Gasteiger partial charge in [0.05, 0.1) is 0 Å². The largest absolute Gasteiger partial charge is 0.456 e. The van der Waals surface area contributed by atoms with Crippen molar-refractivity contribution in [2.45, 2.75) is 0 Å². The van der Waals surface area contributed by atoms with Gasteiger partial charge in [0.1, 0.15) is 44.7 Å². The first-order valence-corrected chi connectivity index (χ1v) is 38.6. The fourth-order valence-corrected chi connectivity index (χ4v) is 16.4. The molecule has 0 saturated heterocycles. The minimum Gasteiger partial charge on any atom is -0.456 e. The van der Waals surface area contributed by atoms with E-state index in [9.17, 15) is 0 Å². The van der Waals surface area contributed by atoms with Gasteiger partial charge < -0.3 is 27.5 Å². The summed E-state index contributed by atoms with van der Waals surface area (Å²) in [6.45, 7) is 0. The third-order valence-electron chi connectivity index (χ3n) is 22.3. The van der Waals surface area contributed by atoms with Gasteiger partial charge in [-0.15, -0.1) is 0 Å². The molecule has 4 aromatic heterocycles. The van der Waals surface area contributed by atoms with Crippen molar-refractivity contribution in [3.63, 3.8) is 0 Å². The molecule has 6 nitrogen and oxygen atoms in total. The highest BCUT2D eigenvalue weighted by atomic mass is 16.3. The number of furan rings is 4. The number of para-hydroxylation sites is 6. The van der Waals surface area contributed by atoms with Crippen LogP contribution in [0.25, 0.3) is 177 Å². The summed E-state index contributed by atoms with van der Waals surface area (Å²) in [5, 5.41) is 9.08. The van der Waals surface area contributed by atoms with Crippen molar-refractivity contribution in [2.75, 3.05) is 9.80 Å². The van der Waals surface area contributed by atoms with Crippen LogP contribution < -0.4 is 9.80 Å². The van der Waals surface area contributed by atoms with E-state index < -0.39 is 0 Å². The Bertz CT molecular complexity index is 7270. The van der Waals surface area contributed by atoms with E-state index in [0.717, 1.165) is 178 Å². The van der Waals surface area contributed by atoms with Gasteiger partial charge in [0.2, 0.25) is 0 Å². The minimum absolute atomic E-state index is 0.899. The van der Waals surface area contributed by atoms with Crippen molar-refractivity contribution in [2.24, 2.45) is 0 Å². The van der Waals surface area contributed by atoms with Gasteiger partial charge in [0, 0.05) is 88.3 Å². The van der Waals surface area contributed by atoms with E-state index in [4.69, 9.17) is 17.7 Å². The molecule has 18 aromatic carbocycles. The van der Waals surface area contributed by atoms with Crippen LogP contribution in [0.5, 0.6) is 0 Å². The Morgan fingerprint density at radius 2 is 0.368 bits per heavy atom. The average Bonchev–Trinajstić information content (AvgIpc) is 1.54. The molecule has 0 spiro atoms. The van der Waals surface area contributed by atoms with Crippen LogP contribution in [0.4, 0.5) is 34.1 Å².